The Balaban J connectivity index is 0.000000396. The number of nitrogens with zero attached hydrogens (tertiary/aromatic N) is 4. The second-order valence-corrected chi connectivity index (χ2v) is 6.18. The molecule has 2 aromatic heterocycles. The second-order valence-electron chi connectivity index (χ2n) is 6.18. The second kappa shape index (κ2) is 9.25. The molecule has 3 rings (SSSR count). The van der Waals surface area contributed by atoms with Gasteiger partial charge in [-0.15, -0.1) is 0 Å². The molecule has 2 heterocycles. The quantitative estimate of drug-likeness (QED) is 0.668. The molecule has 0 saturated heterocycles. The molecule has 0 spiro atoms. The summed E-state index contributed by atoms with van der Waals surface area (Å²) in [6.45, 7) is 6.80. The number of nitrogens with one attached hydrogen (secondary N) is 1. The molecule has 0 aliphatic rings. The van der Waals surface area contributed by atoms with Crippen LogP contribution in [0.5, 0.6) is 0 Å². The first-order chi connectivity index (χ1) is 14.0. The largest absolute Gasteiger partial charge is 0.490 e. The maximum atomic E-state index is 12.2. The van der Waals surface area contributed by atoms with Gasteiger partial charge in [-0.2, -0.15) is 13.2 Å². The Morgan fingerprint density at radius 1 is 1.10 bits per heavy atom. The number of anilines is 1. The van der Waals surface area contributed by atoms with E-state index >= 15 is 0 Å². The maximum absolute atomic E-state index is 12.2. The summed E-state index contributed by atoms with van der Waals surface area (Å²) >= 11 is 0. The molecule has 160 valence electrons. The van der Waals surface area contributed by atoms with E-state index in [2.05, 4.69) is 15.3 Å². The number of aliphatic carboxylic acids is 1. The van der Waals surface area contributed by atoms with Crippen LogP contribution in [0.25, 0.3) is 5.69 Å². The predicted octanol–water partition coefficient (Wildman–Crippen LogP) is 3.59. The maximum Gasteiger partial charge on any atom is 0.490 e. The minimum absolute atomic E-state index is 0.209. The first-order valence-corrected chi connectivity index (χ1v) is 8.77. The number of hydrogen-bond donors (Lipinski definition) is 2. The molecule has 8 nitrogen and oxygen atoms in total. The average Bonchev–Trinajstić information content (AvgIpc) is 3.30. The standard InChI is InChI=1S/C17H19N5O.C2HF3O2/c1-4-21-9-16(19-10-21)17(23)20-14-5-7-15(8-6-14)22-11-18-12(2)13(22)3;3-2(4,5)1(6)7/h5-11H,4H2,1-3H3,(H,20,23);(H,6,7). The fraction of sp³-hybridized carbons (Fsp3) is 0.263. The highest BCUT2D eigenvalue weighted by Gasteiger charge is 2.38. The van der Waals surface area contributed by atoms with E-state index in [9.17, 15) is 18.0 Å². The lowest BCUT2D eigenvalue weighted by Crippen LogP contribution is -2.21. The minimum Gasteiger partial charge on any atom is -0.475 e. The molecule has 0 unspecified atom stereocenters. The number of carboxylic acids is 1. The van der Waals surface area contributed by atoms with E-state index in [4.69, 9.17) is 9.90 Å². The van der Waals surface area contributed by atoms with Crippen LogP contribution >= 0.6 is 0 Å². The Bertz CT molecular complexity index is 1020. The van der Waals surface area contributed by atoms with Gasteiger partial charge in [-0.25, -0.2) is 14.8 Å². The van der Waals surface area contributed by atoms with Crippen LogP contribution in [-0.4, -0.2) is 42.3 Å². The molecule has 0 aliphatic carbocycles. The average molecular weight is 423 g/mol. The number of carbonyl (C=O) groups is 2. The molecule has 0 bridgehead atoms. The molecule has 0 radical (unpaired) electrons. The lowest BCUT2D eigenvalue weighted by atomic mass is 10.2. The number of carboxylic acid groups (broad SMARTS) is 1. The highest BCUT2D eigenvalue weighted by atomic mass is 19.4. The third-order valence-corrected chi connectivity index (χ3v) is 4.13. The van der Waals surface area contributed by atoms with Gasteiger partial charge in [-0.3, -0.25) is 4.79 Å². The summed E-state index contributed by atoms with van der Waals surface area (Å²) in [5.41, 5.74) is 4.27. The number of rotatable bonds is 4. The van der Waals surface area contributed by atoms with Crippen molar-refractivity contribution in [1.29, 1.82) is 0 Å². The molecule has 0 aliphatic heterocycles. The number of carbonyl (C=O) groups excluding carboxylic acids is 1. The van der Waals surface area contributed by atoms with Crippen LogP contribution in [0, 0.1) is 13.8 Å². The van der Waals surface area contributed by atoms with Gasteiger partial charge in [-0.05, 0) is 45.0 Å². The SMILES string of the molecule is CCn1cnc(C(=O)Nc2ccc(-n3cnc(C)c3C)cc2)c1.O=C(O)C(F)(F)F. The van der Waals surface area contributed by atoms with Crippen molar-refractivity contribution in [2.75, 3.05) is 5.32 Å². The van der Waals surface area contributed by atoms with Crippen molar-refractivity contribution < 1.29 is 27.9 Å². The number of amides is 1. The molecule has 30 heavy (non-hydrogen) atoms. The Morgan fingerprint density at radius 3 is 2.13 bits per heavy atom. The topological polar surface area (TPSA) is 102 Å². The van der Waals surface area contributed by atoms with E-state index in [1.54, 1.807) is 18.9 Å². The lowest BCUT2D eigenvalue weighted by molar-refractivity contribution is -0.192. The fourth-order valence-electron chi connectivity index (χ4n) is 2.31. The summed E-state index contributed by atoms with van der Waals surface area (Å²) in [4.78, 5) is 29.4. The van der Waals surface area contributed by atoms with Gasteiger partial charge in [0.1, 0.15) is 5.69 Å². The third-order valence-electron chi connectivity index (χ3n) is 4.13. The first-order valence-electron chi connectivity index (χ1n) is 8.77. The van der Waals surface area contributed by atoms with Crippen molar-refractivity contribution in [2.45, 2.75) is 33.5 Å². The van der Waals surface area contributed by atoms with Gasteiger partial charge in [0.25, 0.3) is 5.91 Å². The number of benzene rings is 1. The van der Waals surface area contributed by atoms with E-state index in [1.165, 1.54) is 0 Å². The number of aromatic nitrogens is 4. The van der Waals surface area contributed by atoms with Crippen LogP contribution in [-0.2, 0) is 11.3 Å². The highest BCUT2D eigenvalue weighted by Crippen LogP contribution is 2.17. The van der Waals surface area contributed by atoms with Gasteiger partial charge in [0.15, 0.2) is 0 Å². The zero-order valence-corrected chi connectivity index (χ0v) is 16.4. The smallest absolute Gasteiger partial charge is 0.475 e. The number of hydrogen-bond acceptors (Lipinski definition) is 4. The van der Waals surface area contributed by atoms with E-state index in [1.807, 2.05) is 54.2 Å². The van der Waals surface area contributed by atoms with Crippen molar-refractivity contribution in [3.8, 4) is 5.69 Å². The van der Waals surface area contributed by atoms with Gasteiger partial charge in [0.2, 0.25) is 0 Å². The van der Waals surface area contributed by atoms with E-state index < -0.39 is 12.1 Å². The van der Waals surface area contributed by atoms with Gasteiger partial charge in [-0.1, -0.05) is 0 Å². The highest BCUT2D eigenvalue weighted by molar-refractivity contribution is 6.02. The predicted molar refractivity (Wildman–Crippen MR) is 103 cm³/mol. The van der Waals surface area contributed by atoms with E-state index in [-0.39, 0.29) is 5.91 Å². The zero-order chi connectivity index (χ0) is 22.5. The van der Waals surface area contributed by atoms with Crippen molar-refractivity contribution >= 4 is 17.6 Å². The monoisotopic (exact) mass is 423 g/mol. The third kappa shape index (κ3) is 5.69. The van der Waals surface area contributed by atoms with Crippen LogP contribution < -0.4 is 5.32 Å². The summed E-state index contributed by atoms with van der Waals surface area (Å²) in [5.74, 6) is -2.97. The Hall–Kier alpha value is -3.63. The van der Waals surface area contributed by atoms with Gasteiger partial charge in [0, 0.05) is 29.8 Å². The normalized spacial score (nSPS) is 10.9. The Labute approximate surface area is 170 Å². The van der Waals surface area contributed by atoms with Crippen LogP contribution in [0.1, 0.15) is 28.8 Å². The molecular formula is C19H20F3N5O3. The Morgan fingerprint density at radius 2 is 1.70 bits per heavy atom. The fourth-order valence-corrected chi connectivity index (χ4v) is 2.31. The van der Waals surface area contributed by atoms with Crippen LogP contribution in [0.4, 0.5) is 18.9 Å². The molecule has 1 amide bonds. The van der Waals surface area contributed by atoms with E-state index in [0.717, 1.165) is 29.3 Å². The van der Waals surface area contributed by atoms with Crippen molar-refractivity contribution in [1.82, 2.24) is 19.1 Å². The van der Waals surface area contributed by atoms with Crippen molar-refractivity contribution in [2.24, 2.45) is 0 Å². The van der Waals surface area contributed by atoms with Crippen LogP contribution in [0.2, 0.25) is 0 Å². The zero-order valence-electron chi connectivity index (χ0n) is 16.4. The first kappa shape index (κ1) is 22.7. The summed E-state index contributed by atoms with van der Waals surface area (Å²) in [5, 5.41) is 9.98. The van der Waals surface area contributed by atoms with Gasteiger partial charge < -0.3 is 19.6 Å². The summed E-state index contributed by atoms with van der Waals surface area (Å²) in [6.07, 6.45) is 0.110. The summed E-state index contributed by atoms with van der Waals surface area (Å²) in [6, 6.07) is 7.65. The summed E-state index contributed by atoms with van der Waals surface area (Å²) < 4.78 is 35.6. The molecule has 0 fully saturated rings. The molecule has 1 aromatic carbocycles. The lowest BCUT2D eigenvalue weighted by Gasteiger charge is -2.08. The number of aryl methyl sites for hydroxylation is 2. The molecule has 11 heteroatoms. The minimum atomic E-state index is -5.08. The number of halogens is 3. The molecular weight excluding hydrogens is 403 g/mol. The van der Waals surface area contributed by atoms with Crippen molar-refractivity contribution in [3.63, 3.8) is 0 Å². The molecule has 2 N–H and O–H groups in total. The van der Waals surface area contributed by atoms with Gasteiger partial charge >= 0.3 is 12.1 Å². The molecule has 3 aromatic rings. The molecule has 0 saturated carbocycles. The summed E-state index contributed by atoms with van der Waals surface area (Å²) in [7, 11) is 0. The number of imidazole rings is 2. The van der Waals surface area contributed by atoms with Crippen molar-refractivity contribution in [3.05, 3.63) is 60.2 Å². The Kier molecular flexibility index (Phi) is 6.98. The van der Waals surface area contributed by atoms with Crippen LogP contribution in [0.3, 0.4) is 0 Å². The van der Waals surface area contributed by atoms with Crippen LogP contribution in [0.15, 0.2) is 43.1 Å². The van der Waals surface area contributed by atoms with Gasteiger partial charge in [0.05, 0.1) is 18.3 Å². The number of alkyl halides is 3. The molecule has 0 atom stereocenters. The van der Waals surface area contributed by atoms with E-state index in [0.29, 0.717) is 5.69 Å².